The van der Waals surface area contributed by atoms with Gasteiger partial charge in [-0.05, 0) is 24.7 Å². The number of nitrogens with zero attached hydrogens (tertiary/aromatic N) is 2. The molecule has 2 rings (SSSR count). The van der Waals surface area contributed by atoms with E-state index in [-0.39, 0.29) is 25.0 Å². The summed E-state index contributed by atoms with van der Waals surface area (Å²) in [4.78, 5) is 26.3. The van der Waals surface area contributed by atoms with Crippen molar-refractivity contribution in [3.8, 4) is 0 Å². The summed E-state index contributed by atoms with van der Waals surface area (Å²) < 4.78 is 43.3. The molecule has 0 bridgehead atoms. The van der Waals surface area contributed by atoms with Gasteiger partial charge in [-0.2, -0.15) is 13.2 Å². The lowest BCUT2D eigenvalue weighted by molar-refractivity contribution is -0.142. The number of amides is 1. The van der Waals surface area contributed by atoms with E-state index in [4.69, 9.17) is 9.84 Å². The van der Waals surface area contributed by atoms with Crippen LogP contribution in [0.1, 0.15) is 11.1 Å². The van der Waals surface area contributed by atoms with Gasteiger partial charge in [-0.15, -0.1) is 0 Å². The van der Waals surface area contributed by atoms with E-state index in [1.54, 1.807) is 16.8 Å². The lowest BCUT2D eigenvalue weighted by atomic mass is 10.1. The van der Waals surface area contributed by atoms with E-state index in [1.165, 1.54) is 12.1 Å². The van der Waals surface area contributed by atoms with Crippen molar-refractivity contribution in [1.82, 2.24) is 9.80 Å². The maximum Gasteiger partial charge on any atom is 0.416 e. The maximum absolute atomic E-state index is 12.6. The molecule has 1 atom stereocenters. The number of likely N-dealkylation sites (N-methyl/N-ethyl adjacent to an activating group) is 1. The Labute approximate surface area is 149 Å². The number of carboxylic acids is 1. The monoisotopic (exact) mass is 374 g/mol. The summed E-state index contributed by atoms with van der Waals surface area (Å²) in [5.41, 5.74) is -0.240. The zero-order valence-corrected chi connectivity index (χ0v) is 14.3. The average Bonchev–Trinajstić information content (AvgIpc) is 2.54. The average molecular weight is 374 g/mol. The van der Waals surface area contributed by atoms with Crippen molar-refractivity contribution >= 4 is 11.9 Å². The van der Waals surface area contributed by atoms with Crippen LogP contribution in [0.4, 0.5) is 13.2 Å². The lowest BCUT2D eigenvalue weighted by Crippen LogP contribution is -2.50. The molecule has 1 saturated heterocycles. The van der Waals surface area contributed by atoms with Gasteiger partial charge >= 0.3 is 12.1 Å². The Morgan fingerprint density at radius 1 is 1.31 bits per heavy atom. The Morgan fingerprint density at radius 3 is 2.54 bits per heavy atom. The molecule has 0 radical (unpaired) electrons. The first-order valence-corrected chi connectivity index (χ1v) is 8.11. The summed E-state index contributed by atoms with van der Waals surface area (Å²) in [6, 6.07) is 4.54. The molecule has 1 aliphatic rings. The minimum atomic E-state index is -4.40. The number of morpholine rings is 1. The standard InChI is InChI=1S/C17H21F3N2O4/c1-21(11-16(24)25)9-14-10-22(6-7-26-14)15(23)8-12-2-4-13(5-3-12)17(18,19)20/h2-5,14H,6-11H2,1H3,(H,24,25)/t14-/m1/s1. The van der Waals surface area contributed by atoms with E-state index in [2.05, 4.69) is 0 Å². The van der Waals surface area contributed by atoms with Gasteiger partial charge in [0.2, 0.25) is 5.91 Å². The third-order valence-electron chi connectivity index (χ3n) is 4.05. The summed E-state index contributed by atoms with van der Waals surface area (Å²) in [5, 5.41) is 8.77. The molecule has 0 aliphatic carbocycles. The molecule has 1 N–H and O–H groups in total. The Kier molecular flexibility index (Phi) is 6.60. The molecule has 1 aliphatic heterocycles. The fourth-order valence-corrected chi connectivity index (χ4v) is 2.80. The van der Waals surface area contributed by atoms with Gasteiger partial charge in [0, 0.05) is 19.6 Å². The highest BCUT2D eigenvalue weighted by molar-refractivity contribution is 5.79. The number of hydrogen-bond acceptors (Lipinski definition) is 4. The second kappa shape index (κ2) is 8.50. The van der Waals surface area contributed by atoms with Crippen LogP contribution >= 0.6 is 0 Å². The van der Waals surface area contributed by atoms with E-state index >= 15 is 0 Å². The molecule has 144 valence electrons. The van der Waals surface area contributed by atoms with Gasteiger partial charge in [0.25, 0.3) is 0 Å². The molecule has 1 aromatic carbocycles. The predicted molar refractivity (Wildman–Crippen MR) is 86.6 cm³/mol. The zero-order valence-electron chi connectivity index (χ0n) is 14.3. The number of hydrogen-bond donors (Lipinski definition) is 1. The minimum absolute atomic E-state index is 0.00974. The zero-order chi connectivity index (χ0) is 19.3. The molecule has 6 nitrogen and oxygen atoms in total. The SMILES string of the molecule is CN(CC(=O)O)C[C@@H]1CN(C(=O)Cc2ccc(C(F)(F)F)cc2)CCO1. The maximum atomic E-state index is 12.6. The number of alkyl halides is 3. The highest BCUT2D eigenvalue weighted by Crippen LogP contribution is 2.29. The predicted octanol–water partition coefficient (Wildman–Crippen LogP) is 1.49. The summed E-state index contributed by atoms with van der Waals surface area (Å²) in [7, 11) is 1.65. The van der Waals surface area contributed by atoms with Crippen LogP contribution in [0.15, 0.2) is 24.3 Å². The van der Waals surface area contributed by atoms with Gasteiger partial charge in [0.15, 0.2) is 0 Å². The summed E-state index contributed by atoms with van der Waals surface area (Å²) in [6.07, 6.45) is -4.69. The highest BCUT2D eigenvalue weighted by atomic mass is 19.4. The van der Waals surface area contributed by atoms with Crippen molar-refractivity contribution in [3.05, 3.63) is 35.4 Å². The molecule has 0 spiro atoms. The van der Waals surface area contributed by atoms with Crippen molar-refractivity contribution < 1.29 is 32.6 Å². The molecule has 1 heterocycles. The lowest BCUT2D eigenvalue weighted by Gasteiger charge is -2.34. The van der Waals surface area contributed by atoms with E-state index in [1.807, 2.05) is 0 Å². The number of aliphatic carboxylic acids is 1. The molecule has 26 heavy (non-hydrogen) atoms. The minimum Gasteiger partial charge on any atom is -0.480 e. The Balaban J connectivity index is 1.89. The van der Waals surface area contributed by atoms with Crippen molar-refractivity contribution in [2.45, 2.75) is 18.7 Å². The van der Waals surface area contributed by atoms with Crippen LogP contribution in [-0.2, 0) is 26.9 Å². The second-order valence-electron chi connectivity index (χ2n) is 6.29. The Hall–Kier alpha value is -2.13. The highest BCUT2D eigenvalue weighted by Gasteiger charge is 2.30. The summed E-state index contributed by atoms with van der Waals surface area (Å²) >= 11 is 0. The first kappa shape index (κ1) is 20.2. The quantitative estimate of drug-likeness (QED) is 0.817. The molecule has 0 aromatic heterocycles. The van der Waals surface area contributed by atoms with Crippen molar-refractivity contribution in [3.63, 3.8) is 0 Å². The van der Waals surface area contributed by atoms with Crippen molar-refractivity contribution in [1.29, 1.82) is 0 Å². The van der Waals surface area contributed by atoms with Crippen LogP contribution < -0.4 is 0 Å². The summed E-state index contributed by atoms with van der Waals surface area (Å²) in [6.45, 7) is 1.31. The van der Waals surface area contributed by atoms with Gasteiger partial charge in [0.05, 0.1) is 31.2 Å². The first-order chi connectivity index (χ1) is 12.1. The largest absolute Gasteiger partial charge is 0.480 e. The fraction of sp³-hybridized carbons (Fsp3) is 0.529. The van der Waals surface area contributed by atoms with Gasteiger partial charge < -0.3 is 14.7 Å². The van der Waals surface area contributed by atoms with Gasteiger partial charge in [-0.25, -0.2) is 0 Å². The topological polar surface area (TPSA) is 70.1 Å². The van der Waals surface area contributed by atoms with Gasteiger partial charge in [-0.1, -0.05) is 12.1 Å². The number of carbonyl (C=O) groups excluding carboxylic acids is 1. The first-order valence-electron chi connectivity index (χ1n) is 8.11. The van der Waals surface area contributed by atoms with Crippen LogP contribution in [0, 0.1) is 0 Å². The molecule has 0 saturated carbocycles. The van der Waals surface area contributed by atoms with E-state index < -0.39 is 17.7 Å². The normalized spacial score (nSPS) is 18.2. The van der Waals surface area contributed by atoms with E-state index in [0.29, 0.717) is 31.8 Å². The van der Waals surface area contributed by atoms with Crippen LogP contribution in [0.2, 0.25) is 0 Å². The smallest absolute Gasteiger partial charge is 0.416 e. The van der Waals surface area contributed by atoms with E-state index in [9.17, 15) is 22.8 Å². The molecule has 0 unspecified atom stereocenters. The molecule has 1 aromatic rings. The third kappa shape index (κ3) is 5.99. The molecular formula is C17H21F3N2O4. The molecule has 1 amide bonds. The number of ether oxygens (including phenoxy) is 1. The Morgan fingerprint density at radius 2 is 1.96 bits per heavy atom. The van der Waals surface area contributed by atoms with Crippen molar-refractivity contribution in [2.75, 3.05) is 39.8 Å². The molecule has 9 heteroatoms. The third-order valence-corrected chi connectivity index (χ3v) is 4.05. The van der Waals surface area contributed by atoms with Crippen LogP contribution in [0.3, 0.4) is 0 Å². The number of carboxylic acid groups (broad SMARTS) is 1. The van der Waals surface area contributed by atoms with Gasteiger partial charge in [0.1, 0.15) is 0 Å². The molecule has 1 fully saturated rings. The number of carbonyl (C=O) groups is 2. The van der Waals surface area contributed by atoms with E-state index in [0.717, 1.165) is 12.1 Å². The summed E-state index contributed by atoms with van der Waals surface area (Å²) in [5.74, 6) is -1.14. The number of rotatable bonds is 6. The van der Waals surface area contributed by atoms with Gasteiger partial charge in [-0.3, -0.25) is 14.5 Å². The Bertz CT molecular complexity index is 634. The second-order valence-corrected chi connectivity index (χ2v) is 6.29. The molecular weight excluding hydrogens is 353 g/mol. The number of benzene rings is 1. The van der Waals surface area contributed by atoms with Crippen molar-refractivity contribution in [2.24, 2.45) is 0 Å². The number of halogens is 3. The van der Waals surface area contributed by atoms with Crippen LogP contribution in [0.25, 0.3) is 0 Å². The fourth-order valence-electron chi connectivity index (χ4n) is 2.80. The van der Waals surface area contributed by atoms with Crippen LogP contribution in [0.5, 0.6) is 0 Å². The van der Waals surface area contributed by atoms with Crippen LogP contribution in [-0.4, -0.2) is 72.7 Å².